The largest absolute Gasteiger partial charge is 0.382 e. The van der Waals surface area contributed by atoms with E-state index in [1.165, 1.54) is 12.1 Å². The van der Waals surface area contributed by atoms with Crippen molar-refractivity contribution in [3.8, 4) is 11.1 Å². The Bertz CT molecular complexity index is 602. The van der Waals surface area contributed by atoms with E-state index in [0.717, 1.165) is 37.4 Å². The molecule has 0 spiro atoms. The number of halogens is 2. The second kappa shape index (κ2) is 6.70. The average molecular weight is 293 g/mol. The van der Waals surface area contributed by atoms with Gasteiger partial charge in [0.2, 0.25) is 0 Å². The van der Waals surface area contributed by atoms with E-state index in [9.17, 15) is 8.78 Å². The van der Waals surface area contributed by atoms with Crippen LogP contribution in [-0.4, -0.2) is 10.2 Å². The number of nitrogens with two attached hydrogens (primary N) is 1. The highest BCUT2D eigenvalue weighted by Gasteiger charge is 2.22. The molecule has 0 atom stereocenters. The third kappa shape index (κ3) is 3.23. The zero-order valence-corrected chi connectivity index (χ0v) is 12.4. The van der Waals surface area contributed by atoms with Crippen LogP contribution in [0.4, 0.5) is 14.6 Å². The molecule has 0 saturated carbocycles. The third-order valence-electron chi connectivity index (χ3n) is 3.71. The van der Waals surface area contributed by atoms with Gasteiger partial charge >= 0.3 is 0 Å². The first kappa shape index (κ1) is 15.5. The summed E-state index contributed by atoms with van der Waals surface area (Å²) in [5.74, 6) is -0.702. The summed E-state index contributed by atoms with van der Waals surface area (Å²) in [5, 5.41) is 6.98. The van der Waals surface area contributed by atoms with Crippen molar-refractivity contribution in [1.29, 1.82) is 0 Å². The lowest BCUT2D eigenvalue weighted by Gasteiger charge is -2.16. The summed E-state index contributed by atoms with van der Waals surface area (Å²) in [7, 11) is 0. The van der Waals surface area contributed by atoms with Gasteiger partial charge < -0.3 is 5.73 Å². The highest BCUT2D eigenvalue weighted by atomic mass is 19.1. The number of hydrogen-bond acceptors (Lipinski definition) is 2. The molecule has 0 fully saturated rings. The van der Waals surface area contributed by atoms with E-state index in [2.05, 4.69) is 24.0 Å². The first-order valence-corrected chi connectivity index (χ1v) is 7.37. The lowest BCUT2D eigenvalue weighted by molar-refractivity contribution is 0.547. The Morgan fingerprint density at radius 2 is 1.86 bits per heavy atom. The smallest absolute Gasteiger partial charge is 0.153 e. The minimum Gasteiger partial charge on any atom is -0.382 e. The second-order valence-electron chi connectivity index (χ2n) is 5.30. The number of nitrogens with one attached hydrogen (secondary N) is 1. The molecule has 0 radical (unpaired) electrons. The molecule has 0 aliphatic heterocycles. The van der Waals surface area contributed by atoms with Gasteiger partial charge in [0.15, 0.2) is 5.82 Å². The van der Waals surface area contributed by atoms with Gasteiger partial charge in [-0.2, -0.15) is 5.10 Å². The van der Waals surface area contributed by atoms with Crippen LogP contribution in [-0.2, 0) is 0 Å². The first-order chi connectivity index (χ1) is 10.1. The van der Waals surface area contributed by atoms with Crippen LogP contribution in [0.2, 0.25) is 0 Å². The molecule has 2 rings (SSSR count). The predicted octanol–water partition coefficient (Wildman–Crippen LogP) is 4.62. The fourth-order valence-corrected chi connectivity index (χ4v) is 2.77. The Kier molecular flexibility index (Phi) is 4.94. The number of nitrogen functional groups attached to an aromatic ring is 1. The highest BCUT2D eigenvalue weighted by molar-refractivity contribution is 5.77. The molecule has 0 saturated heterocycles. The van der Waals surface area contributed by atoms with E-state index in [4.69, 9.17) is 5.73 Å². The number of anilines is 1. The van der Waals surface area contributed by atoms with E-state index in [1.54, 1.807) is 0 Å². The Morgan fingerprint density at radius 3 is 2.43 bits per heavy atom. The molecule has 0 aliphatic rings. The standard InChI is InChI=1S/C16H21F2N3/c1-3-5-10(6-4-2)15-14(16(19)21-20-15)12-8-7-11(17)9-13(12)18/h7-10H,3-6H2,1-2H3,(H3,19,20,21). The van der Waals surface area contributed by atoms with Crippen molar-refractivity contribution in [2.75, 3.05) is 5.73 Å². The zero-order valence-electron chi connectivity index (χ0n) is 12.4. The molecule has 5 heteroatoms. The summed E-state index contributed by atoms with van der Waals surface area (Å²) in [4.78, 5) is 0. The number of aromatic nitrogens is 2. The normalized spacial score (nSPS) is 11.3. The molecule has 114 valence electrons. The Balaban J connectivity index is 2.50. The van der Waals surface area contributed by atoms with Gasteiger partial charge in [-0.25, -0.2) is 8.78 Å². The van der Waals surface area contributed by atoms with Crippen LogP contribution in [0, 0.1) is 11.6 Å². The van der Waals surface area contributed by atoms with Crippen LogP contribution in [0.5, 0.6) is 0 Å². The molecule has 0 bridgehead atoms. The van der Waals surface area contributed by atoms with Crippen molar-refractivity contribution < 1.29 is 8.78 Å². The predicted molar refractivity (Wildman–Crippen MR) is 80.9 cm³/mol. The van der Waals surface area contributed by atoms with E-state index >= 15 is 0 Å². The second-order valence-corrected chi connectivity index (χ2v) is 5.30. The van der Waals surface area contributed by atoms with E-state index in [0.29, 0.717) is 11.1 Å². The summed E-state index contributed by atoms with van der Waals surface area (Å²) in [5.41, 5.74) is 7.63. The molecular weight excluding hydrogens is 272 g/mol. The van der Waals surface area contributed by atoms with Gasteiger partial charge in [-0.15, -0.1) is 0 Å². The number of hydrogen-bond donors (Lipinski definition) is 2. The van der Waals surface area contributed by atoms with Crippen LogP contribution < -0.4 is 5.73 Å². The van der Waals surface area contributed by atoms with Gasteiger partial charge in [-0.3, -0.25) is 5.10 Å². The lowest BCUT2D eigenvalue weighted by atomic mass is 9.90. The maximum Gasteiger partial charge on any atom is 0.153 e. The van der Waals surface area contributed by atoms with Gasteiger partial charge in [0.05, 0.1) is 0 Å². The Hall–Kier alpha value is -1.91. The van der Waals surface area contributed by atoms with Crippen LogP contribution in [0.1, 0.15) is 51.1 Å². The summed E-state index contributed by atoms with van der Waals surface area (Å²) in [6.45, 7) is 4.22. The summed E-state index contributed by atoms with van der Waals surface area (Å²) in [6.07, 6.45) is 4.00. The number of aromatic amines is 1. The molecule has 0 unspecified atom stereocenters. The molecular formula is C16H21F2N3. The molecule has 3 N–H and O–H groups in total. The van der Waals surface area contributed by atoms with E-state index in [-0.39, 0.29) is 11.7 Å². The van der Waals surface area contributed by atoms with Crippen molar-refractivity contribution in [1.82, 2.24) is 10.2 Å². The quantitative estimate of drug-likeness (QED) is 0.816. The fraction of sp³-hybridized carbons (Fsp3) is 0.438. The van der Waals surface area contributed by atoms with Gasteiger partial charge in [-0.1, -0.05) is 26.7 Å². The van der Waals surface area contributed by atoms with E-state index in [1.807, 2.05) is 0 Å². The highest BCUT2D eigenvalue weighted by Crippen LogP contribution is 2.37. The minimum absolute atomic E-state index is 0.254. The number of nitrogens with zero attached hydrogens (tertiary/aromatic N) is 1. The summed E-state index contributed by atoms with van der Waals surface area (Å²) in [6, 6.07) is 3.54. The molecule has 1 aromatic carbocycles. The minimum atomic E-state index is -0.615. The number of H-pyrrole nitrogens is 1. The van der Waals surface area contributed by atoms with Crippen LogP contribution >= 0.6 is 0 Å². The molecule has 0 aliphatic carbocycles. The Labute approximate surface area is 123 Å². The maximum absolute atomic E-state index is 14.1. The van der Waals surface area contributed by atoms with Crippen LogP contribution in [0.3, 0.4) is 0 Å². The molecule has 2 aromatic rings. The average Bonchev–Trinajstić information content (AvgIpc) is 2.80. The topological polar surface area (TPSA) is 54.7 Å². The van der Waals surface area contributed by atoms with Gasteiger partial charge in [0, 0.05) is 28.8 Å². The summed E-state index contributed by atoms with van der Waals surface area (Å²) >= 11 is 0. The van der Waals surface area contributed by atoms with E-state index < -0.39 is 11.6 Å². The van der Waals surface area contributed by atoms with Gasteiger partial charge in [0.25, 0.3) is 0 Å². The SMILES string of the molecule is CCCC(CCC)c1[nH]nc(N)c1-c1ccc(F)cc1F. The van der Waals surface area contributed by atoms with Crippen molar-refractivity contribution >= 4 is 5.82 Å². The van der Waals surface area contributed by atoms with Crippen molar-refractivity contribution in [3.05, 3.63) is 35.5 Å². The van der Waals surface area contributed by atoms with Crippen molar-refractivity contribution in [3.63, 3.8) is 0 Å². The van der Waals surface area contributed by atoms with Crippen LogP contribution in [0.15, 0.2) is 18.2 Å². The lowest BCUT2D eigenvalue weighted by Crippen LogP contribution is -2.02. The van der Waals surface area contributed by atoms with Crippen molar-refractivity contribution in [2.24, 2.45) is 0 Å². The van der Waals surface area contributed by atoms with Crippen LogP contribution in [0.25, 0.3) is 11.1 Å². The molecule has 0 amide bonds. The monoisotopic (exact) mass is 293 g/mol. The zero-order chi connectivity index (χ0) is 15.4. The third-order valence-corrected chi connectivity index (χ3v) is 3.71. The van der Waals surface area contributed by atoms with Gasteiger partial charge in [0.1, 0.15) is 11.6 Å². The fourth-order valence-electron chi connectivity index (χ4n) is 2.77. The van der Waals surface area contributed by atoms with Crippen molar-refractivity contribution in [2.45, 2.75) is 45.4 Å². The number of rotatable bonds is 6. The molecule has 21 heavy (non-hydrogen) atoms. The Morgan fingerprint density at radius 1 is 1.19 bits per heavy atom. The molecule has 3 nitrogen and oxygen atoms in total. The first-order valence-electron chi connectivity index (χ1n) is 7.37. The maximum atomic E-state index is 14.1. The molecule has 1 aromatic heterocycles. The summed E-state index contributed by atoms with van der Waals surface area (Å²) < 4.78 is 27.2. The van der Waals surface area contributed by atoms with Gasteiger partial charge in [-0.05, 0) is 25.0 Å². The number of benzene rings is 1. The molecule has 1 heterocycles.